The zero-order valence-electron chi connectivity index (χ0n) is 8.35. The zero-order valence-corrected chi connectivity index (χ0v) is 9.51. The van der Waals surface area contributed by atoms with Gasteiger partial charge in [0.25, 0.3) is 0 Å². The number of rotatable bonds is 1. The van der Waals surface area contributed by atoms with Gasteiger partial charge in [-0.1, -0.05) is 0 Å². The van der Waals surface area contributed by atoms with Crippen LogP contribution < -0.4 is 0 Å². The van der Waals surface area contributed by atoms with Crippen LogP contribution in [0, 0.1) is 0 Å². The molecule has 0 saturated carbocycles. The van der Waals surface area contributed by atoms with Crippen molar-refractivity contribution in [1.29, 1.82) is 0 Å². The van der Waals surface area contributed by atoms with Crippen LogP contribution in [0.4, 0.5) is 0 Å². The Balaban J connectivity index is 2.68. The summed E-state index contributed by atoms with van der Waals surface area (Å²) in [4.78, 5) is 0. The van der Waals surface area contributed by atoms with Crippen LogP contribution in [0.25, 0.3) is 21.8 Å². The molecule has 2 aromatic carbocycles. The number of para-hydroxylation sites is 2. The molecule has 0 amide bonds. The molecule has 0 spiro atoms. The summed E-state index contributed by atoms with van der Waals surface area (Å²) in [6.45, 7) is 0. The van der Waals surface area contributed by atoms with Crippen LogP contribution in [-0.4, -0.2) is 23.9 Å². The second kappa shape index (κ2) is 3.34. The van der Waals surface area contributed by atoms with Crippen LogP contribution >= 0.6 is 0 Å². The van der Waals surface area contributed by atoms with Crippen molar-refractivity contribution in [3.63, 3.8) is 0 Å². The van der Waals surface area contributed by atoms with E-state index in [2.05, 4.69) is 57.5 Å². The molecule has 0 fully saturated rings. The van der Waals surface area contributed by atoms with Crippen LogP contribution in [0.2, 0.25) is 0 Å². The Morgan fingerprint density at radius 1 is 0.800 bits per heavy atom. The molecule has 1 aromatic heterocycles. The number of fused-ring (bicyclic) bond motifs is 3. The first-order valence-electron chi connectivity index (χ1n) is 5.02. The normalized spacial score (nSPS) is 10.7. The quantitative estimate of drug-likeness (QED) is 0.541. The summed E-state index contributed by atoms with van der Waals surface area (Å²) in [5.41, 5.74) is 2.62. The first-order chi connectivity index (χ1) is 7.42. The molecule has 3 rings (SSSR count). The molecule has 0 saturated heterocycles. The van der Waals surface area contributed by atoms with Crippen molar-refractivity contribution >= 4 is 42.2 Å². The Bertz CT molecular complexity index is 598. The van der Waals surface area contributed by atoms with E-state index in [1.165, 1.54) is 21.8 Å². The van der Waals surface area contributed by atoms with Crippen molar-refractivity contribution in [3.8, 4) is 0 Å². The van der Waals surface area contributed by atoms with Gasteiger partial charge in [-0.2, -0.15) is 0 Å². The summed E-state index contributed by atoms with van der Waals surface area (Å²) in [5, 5.41) is 6.75. The Morgan fingerprint density at radius 2 is 1.27 bits per heavy atom. The summed E-state index contributed by atoms with van der Waals surface area (Å²) in [6.07, 6.45) is 0. The summed E-state index contributed by atoms with van der Waals surface area (Å²) in [5.74, 6) is 0. The van der Waals surface area contributed by atoms with Gasteiger partial charge in [0, 0.05) is 0 Å². The molecule has 0 aliphatic heterocycles. The third-order valence-corrected chi connectivity index (χ3v) is 3.72. The molecule has 0 bridgehead atoms. The van der Waals surface area contributed by atoms with E-state index in [1.54, 1.807) is 0 Å². The summed E-state index contributed by atoms with van der Waals surface area (Å²) in [6, 6.07) is 17.1. The van der Waals surface area contributed by atoms with E-state index in [1.807, 2.05) is 0 Å². The molecule has 0 radical (unpaired) electrons. The molecule has 1 heterocycles. The zero-order chi connectivity index (χ0) is 10.3. The van der Waals surface area contributed by atoms with Gasteiger partial charge in [-0.05, 0) is 0 Å². The van der Waals surface area contributed by atoms with E-state index in [-0.39, 0.29) is 15.0 Å². The monoisotopic (exact) mass is 207 g/mol. The minimum absolute atomic E-state index is 0.0426. The molecule has 3 aromatic rings. The summed E-state index contributed by atoms with van der Waals surface area (Å²) >= 11 is 0.0426. The van der Waals surface area contributed by atoms with Gasteiger partial charge in [0.05, 0.1) is 0 Å². The number of aromatic nitrogens is 1. The average Bonchev–Trinajstić information content (AvgIpc) is 2.63. The molecule has 0 aliphatic carbocycles. The molecule has 15 heavy (non-hydrogen) atoms. The second-order valence-electron chi connectivity index (χ2n) is 3.59. The number of benzene rings is 2. The van der Waals surface area contributed by atoms with Crippen LogP contribution in [0.15, 0.2) is 48.5 Å². The van der Waals surface area contributed by atoms with Gasteiger partial charge in [0.2, 0.25) is 0 Å². The van der Waals surface area contributed by atoms with Crippen molar-refractivity contribution < 1.29 is 0 Å². The van der Waals surface area contributed by atoms with Gasteiger partial charge in [0.1, 0.15) is 0 Å². The molecule has 0 atom stereocenters. The maximum absolute atomic E-state index is 4.07. The SMILES string of the molecule is [CH2]=[Al][n]1c2ccccc2c2ccccc21. The fraction of sp³-hybridized carbons (Fsp3) is 0. The van der Waals surface area contributed by atoms with Gasteiger partial charge in [-0.25, -0.2) is 0 Å². The van der Waals surface area contributed by atoms with Gasteiger partial charge < -0.3 is 0 Å². The van der Waals surface area contributed by atoms with Crippen molar-refractivity contribution in [2.75, 3.05) is 0 Å². The van der Waals surface area contributed by atoms with Crippen molar-refractivity contribution in [2.45, 2.75) is 0 Å². The van der Waals surface area contributed by atoms with E-state index in [0.29, 0.717) is 0 Å². The average molecular weight is 207 g/mol. The van der Waals surface area contributed by atoms with Gasteiger partial charge >= 0.3 is 94.3 Å². The van der Waals surface area contributed by atoms with Gasteiger partial charge in [0.15, 0.2) is 0 Å². The topological polar surface area (TPSA) is 4.93 Å². The Labute approximate surface area is 94.4 Å². The van der Waals surface area contributed by atoms with Crippen molar-refractivity contribution in [3.05, 3.63) is 48.5 Å². The van der Waals surface area contributed by atoms with Crippen LogP contribution in [0.5, 0.6) is 0 Å². The van der Waals surface area contributed by atoms with E-state index in [4.69, 9.17) is 0 Å². The van der Waals surface area contributed by atoms with E-state index in [0.717, 1.165) is 0 Å². The van der Waals surface area contributed by atoms with Gasteiger partial charge in [-0.15, -0.1) is 0 Å². The summed E-state index contributed by atoms with van der Waals surface area (Å²) in [7, 11) is 0. The summed E-state index contributed by atoms with van der Waals surface area (Å²) < 4.78 is 2.34. The third-order valence-electron chi connectivity index (χ3n) is 2.80. The molecule has 2 heteroatoms. The Hall–Kier alpha value is -1.36. The maximum atomic E-state index is 4.07. The minimum atomic E-state index is 0.0426. The number of hydrogen-bond donors (Lipinski definition) is 0. The van der Waals surface area contributed by atoms with Crippen LogP contribution in [0.1, 0.15) is 0 Å². The van der Waals surface area contributed by atoms with Crippen LogP contribution in [0.3, 0.4) is 0 Å². The van der Waals surface area contributed by atoms with Crippen molar-refractivity contribution in [1.82, 2.24) is 3.55 Å². The first-order valence-corrected chi connectivity index (χ1v) is 6.35. The predicted octanol–water partition coefficient (Wildman–Crippen LogP) is 2.69. The molecular formula is C13H10AlN. The fourth-order valence-electron chi connectivity index (χ4n) is 2.15. The predicted molar refractivity (Wildman–Crippen MR) is 67.7 cm³/mol. The number of hydrogen-bond acceptors (Lipinski definition) is 0. The van der Waals surface area contributed by atoms with Crippen LogP contribution in [-0.2, 0) is 0 Å². The van der Waals surface area contributed by atoms with E-state index >= 15 is 0 Å². The van der Waals surface area contributed by atoms with Crippen molar-refractivity contribution in [2.24, 2.45) is 0 Å². The van der Waals surface area contributed by atoms with E-state index in [9.17, 15) is 0 Å². The number of nitrogens with zero attached hydrogens (tertiary/aromatic N) is 1. The first kappa shape index (κ1) is 8.91. The Kier molecular flexibility index (Phi) is 1.99. The molecular weight excluding hydrogens is 197 g/mol. The van der Waals surface area contributed by atoms with E-state index < -0.39 is 0 Å². The molecule has 0 aliphatic rings. The molecule has 0 unspecified atom stereocenters. The second-order valence-corrected chi connectivity index (χ2v) is 4.47. The Morgan fingerprint density at radius 3 is 1.73 bits per heavy atom. The fourth-order valence-corrected chi connectivity index (χ4v) is 2.99. The molecule has 0 N–H and O–H groups in total. The molecule has 1 nitrogen and oxygen atoms in total. The molecule has 70 valence electrons. The standard InChI is InChI=1S/C12H8N.CH2.Al/c1-3-7-11-9(5-1)10-6-2-4-8-12(10)13-11;;/h1-8H;1H2;/q-1;;+1. The third kappa shape index (κ3) is 1.19. The van der Waals surface area contributed by atoms with Gasteiger partial charge in [-0.3, -0.25) is 0 Å².